The molecule has 0 aromatic heterocycles. The summed E-state index contributed by atoms with van der Waals surface area (Å²) in [7, 11) is -44.1. The predicted octanol–water partition coefficient (Wildman–Crippen LogP) is 13.3. The zero-order chi connectivity index (χ0) is 69.4. The van der Waals surface area contributed by atoms with Crippen molar-refractivity contribution in [2.24, 2.45) is 63.6 Å². The third-order valence-electron chi connectivity index (χ3n) is 18.9. The third-order valence-corrected chi connectivity index (χ3v) is 31.4. The number of rotatable bonds is 24. The number of nitrogens with zero attached hydrogens (tertiary/aromatic N) is 3. The van der Waals surface area contributed by atoms with E-state index in [-0.39, 0.29) is 73.5 Å². The first kappa shape index (κ1) is 82.1. The van der Waals surface area contributed by atoms with Gasteiger partial charge in [-0.15, -0.1) is 0 Å². The minimum Gasteiger partial charge on any atom is -0.372 e. The Bertz CT molecular complexity index is 2950. The minimum atomic E-state index is -5.27. The van der Waals surface area contributed by atoms with Crippen LogP contribution in [0.5, 0.6) is 0 Å². The molecule has 3 aliphatic heterocycles. The molecule has 23 atom stereocenters. The molecule has 526 valence electrons. The highest BCUT2D eigenvalue weighted by Crippen LogP contribution is 2.70. The fraction of sp³-hybridized carbons (Fsp3) is 0.843. The van der Waals surface area contributed by atoms with Crippen LogP contribution in [0.2, 0.25) is 0 Å². The van der Waals surface area contributed by atoms with Crippen LogP contribution in [-0.2, 0) is 80.5 Å². The van der Waals surface area contributed by atoms with Gasteiger partial charge in [-0.2, -0.15) is 12.9 Å². The number of phosphoric acid groups is 6. The van der Waals surface area contributed by atoms with E-state index in [2.05, 4.69) is 108 Å². The molecule has 9 N–H and O–H groups in total. The largest absolute Gasteiger partial charge is 0.488 e. The van der Waals surface area contributed by atoms with Gasteiger partial charge in [-0.3, -0.25) is 27.3 Å². The molecule has 23 unspecified atom stereocenters. The molecule has 3 heterocycles. The van der Waals surface area contributed by atoms with Gasteiger partial charge in [-0.25, -0.2) is 40.3 Å². The Hall–Kier alpha value is -0.290. The SMILES string of the molecule is C=C1CCC(C)=CN1C1CC(C)(COP(=O)(O)OP(=O)(O)OP(C)(=O)O)C(C)C1C.C=C1CCC(C)CN1C1CC(C)(COP(=O)(O)OP(=O)(O)OP(C)(=O)O)C(C)C1C.C=C1CCC(C)CN1C1CC(C)(COP(=O)(O)OP(=O)(O)OP(C)(=O)O)C(C)C1C. The summed E-state index contributed by atoms with van der Waals surface area (Å²) in [5.41, 5.74) is 2.97. The topological polar surface area (TPSA) is 428 Å². The van der Waals surface area contributed by atoms with Gasteiger partial charge in [0.25, 0.3) is 0 Å². The number of likely N-dealkylation sites (tertiary alicyclic amines) is 2. The van der Waals surface area contributed by atoms with Crippen LogP contribution >= 0.6 is 69.7 Å². The molecule has 90 heavy (non-hydrogen) atoms. The third kappa shape index (κ3) is 24.3. The summed E-state index contributed by atoms with van der Waals surface area (Å²) in [6.07, 6.45) is 10.1. The average Bonchev–Trinajstić information content (AvgIpc) is 3.40. The van der Waals surface area contributed by atoms with Crippen molar-refractivity contribution < 1.29 is 125 Å². The first-order valence-corrected chi connectivity index (χ1v) is 44.5. The summed E-state index contributed by atoms with van der Waals surface area (Å²) in [6, 6.07) is 0.536. The summed E-state index contributed by atoms with van der Waals surface area (Å²) in [6.45, 7) is 40.6. The molecule has 5 fully saturated rings. The van der Waals surface area contributed by atoms with E-state index in [4.69, 9.17) is 28.3 Å². The van der Waals surface area contributed by atoms with Crippen molar-refractivity contribution in [1.29, 1.82) is 0 Å². The number of phosphoric ester groups is 3. The van der Waals surface area contributed by atoms with Gasteiger partial charge in [0.15, 0.2) is 0 Å². The van der Waals surface area contributed by atoms with Crippen molar-refractivity contribution in [2.75, 3.05) is 52.9 Å². The highest BCUT2D eigenvalue weighted by atomic mass is 31.3. The molecule has 0 radical (unpaired) electrons. The Morgan fingerprint density at radius 1 is 0.433 bits per heavy atom. The molecule has 6 rings (SSSR count). The maximum atomic E-state index is 12.2. The van der Waals surface area contributed by atoms with E-state index >= 15 is 0 Å². The van der Waals surface area contributed by atoms with Crippen LogP contribution in [0.1, 0.15) is 141 Å². The lowest BCUT2D eigenvalue weighted by molar-refractivity contribution is 0.0834. The zero-order valence-electron chi connectivity index (χ0n) is 54.2. The second-order valence-corrected chi connectivity index (χ2v) is 42.1. The monoisotopic (exact) mass is 1470 g/mol. The van der Waals surface area contributed by atoms with Crippen LogP contribution in [0.4, 0.5) is 0 Å². The van der Waals surface area contributed by atoms with Gasteiger partial charge in [0.05, 0.1) is 19.8 Å². The van der Waals surface area contributed by atoms with E-state index < -0.39 is 86.0 Å². The maximum Gasteiger partial charge on any atom is 0.488 e. The Morgan fingerprint density at radius 3 is 1.00 bits per heavy atom. The molecule has 0 bridgehead atoms. The normalized spacial score (nSPS) is 37.8. The van der Waals surface area contributed by atoms with Gasteiger partial charge >= 0.3 is 69.7 Å². The van der Waals surface area contributed by atoms with Crippen molar-refractivity contribution >= 4 is 69.7 Å². The van der Waals surface area contributed by atoms with Gasteiger partial charge < -0.3 is 58.7 Å². The molecule has 3 aliphatic carbocycles. The van der Waals surface area contributed by atoms with Crippen molar-refractivity contribution in [1.82, 2.24) is 14.7 Å². The van der Waals surface area contributed by atoms with E-state index in [1.165, 1.54) is 5.57 Å². The van der Waals surface area contributed by atoms with Gasteiger partial charge in [0, 0.05) is 74.5 Å². The second-order valence-electron chi connectivity index (χ2n) is 26.9. The predicted molar refractivity (Wildman–Crippen MR) is 338 cm³/mol. The minimum absolute atomic E-state index is 0.0939. The fourth-order valence-electron chi connectivity index (χ4n) is 13.1. The molecule has 30 nitrogen and oxygen atoms in total. The fourth-order valence-corrected chi connectivity index (χ4v) is 23.9. The maximum absolute atomic E-state index is 12.2. The van der Waals surface area contributed by atoms with Gasteiger partial charge in [0.1, 0.15) is 0 Å². The van der Waals surface area contributed by atoms with Gasteiger partial charge in [-0.1, -0.05) is 101 Å². The molecule has 6 aliphatic rings. The lowest BCUT2D eigenvalue weighted by atomic mass is 9.79. The van der Waals surface area contributed by atoms with E-state index in [9.17, 15) is 70.4 Å². The van der Waals surface area contributed by atoms with Crippen molar-refractivity contribution in [3.05, 3.63) is 48.6 Å². The van der Waals surface area contributed by atoms with Crippen molar-refractivity contribution in [3.8, 4) is 0 Å². The summed E-state index contributed by atoms with van der Waals surface area (Å²) >= 11 is 0. The lowest BCUT2D eigenvalue weighted by Gasteiger charge is -2.41. The number of hydrogen-bond acceptors (Lipinski definition) is 21. The van der Waals surface area contributed by atoms with Gasteiger partial charge in [-0.05, 0) is 128 Å². The van der Waals surface area contributed by atoms with Crippen molar-refractivity contribution in [2.45, 2.75) is 159 Å². The summed E-state index contributed by atoms with van der Waals surface area (Å²) in [5, 5.41) is 0. The molecule has 39 heteroatoms. The van der Waals surface area contributed by atoms with Crippen LogP contribution < -0.4 is 0 Å². The van der Waals surface area contributed by atoms with Crippen LogP contribution in [0.15, 0.2) is 48.6 Å². The van der Waals surface area contributed by atoms with Crippen LogP contribution in [0, 0.1) is 63.6 Å². The summed E-state index contributed by atoms with van der Waals surface area (Å²) < 4.78 is 145. The zero-order valence-corrected chi connectivity index (χ0v) is 62.2. The van der Waals surface area contributed by atoms with Crippen LogP contribution in [0.25, 0.3) is 0 Å². The molecule has 0 spiro atoms. The molecule has 0 aromatic carbocycles. The van der Waals surface area contributed by atoms with Crippen molar-refractivity contribution in [3.63, 3.8) is 0 Å². The summed E-state index contributed by atoms with van der Waals surface area (Å²) in [4.78, 5) is 91.9. The molecular weight excluding hydrogens is 1370 g/mol. The molecule has 3 saturated carbocycles. The molecule has 0 amide bonds. The van der Waals surface area contributed by atoms with E-state index in [1.807, 2.05) is 41.5 Å². The number of piperidine rings is 2. The first-order valence-electron chi connectivity index (χ1n) is 29.5. The Kier molecular flexibility index (Phi) is 27.8. The summed E-state index contributed by atoms with van der Waals surface area (Å²) in [5.74, 6) is 2.23. The van der Waals surface area contributed by atoms with E-state index in [1.54, 1.807) is 0 Å². The quantitative estimate of drug-likeness (QED) is 0.0405. The van der Waals surface area contributed by atoms with E-state index in [0.717, 1.165) is 68.7 Å². The smallest absolute Gasteiger partial charge is 0.372 e. The molecular formula is C51H100N3O27P9. The Morgan fingerprint density at radius 2 is 0.711 bits per heavy atom. The van der Waals surface area contributed by atoms with Crippen LogP contribution in [-0.4, -0.2) is 130 Å². The number of allylic oxidation sites excluding steroid dienone is 4. The average molecular weight is 1470 g/mol. The standard InChI is InChI=1S/2C17H34NO9P3.C17H32NO9P3/c3*1-12-7-8-13(2)18(10-12)16-9-17(5,15(4)14(16)3)11-25-29(21,22)27-30(23,24)26-28(6,19)20/h2*12,14-16H,2,7-11H2,1,3-6H3,(H,19,20)(H,21,22)(H,23,24);10,14-16H,2,7-9,11H2,1,3-6H3,(H,19,20)(H,21,22)(H,23,24). The highest BCUT2D eigenvalue weighted by molar-refractivity contribution is 7.69. The van der Waals surface area contributed by atoms with E-state index in [0.29, 0.717) is 51.1 Å². The molecule has 0 aromatic rings. The number of hydrogen-bond donors (Lipinski definition) is 9. The van der Waals surface area contributed by atoms with Crippen LogP contribution in [0.3, 0.4) is 0 Å². The molecule has 2 saturated heterocycles. The van der Waals surface area contributed by atoms with Gasteiger partial charge in [0.2, 0.25) is 0 Å². The highest BCUT2D eigenvalue weighted by Gasteiger charge is 2.54. The first-order chi connectivity index (χ1) is 40.3. The Labute approximate surface area is 530 Å². The Balaban J connectivity index is 0.000000288. The lowest BCUT2D eigenvalue weighted by Crippen LogP contribution is -2.42. The second kappa shape index (κ2) is 30.4.